The van der Waals surface area contributed by atoms with Crippen LogP contribution < -0.4 is 9.64 Å². The molecular weight excluding hydrogens is 531 g/mol. The maximum Gasteiger partial charge on any atom is 0.319 e. The predicted octanol–water partition coefficient (Wildman–Crippen LogP) is 4.69. The van der Waals surface area contributed by atoms with Crippen LogP contribution in [0.3, 0.4) is 0 Å². The van der Waals surface area contributed by atoms with Crippen LogP contribution in [0.1, 0.15) is 36.3 Å². The number of hydrogen-bond acceptors (Lipinski definition) is 6. The number of piperazine rings is 1. The number of carbonyl (C=O) groups excluding carboxylic acids is 1. The van der Waals surface area contributed by atoms with E-state index in [1.807, 2.05) is 29.2 Å². The number of nitrogens with zero attached hydrogens (tertiary/aromatic N) is 6. The van der Waals surface area contributed by atoms with Gasteiger partial charge in [0.15, 0.2) is 5.82 Å². The minimum Gasteiger partial charge on any atom is -0.462 e. The maximum atomic E-state index is 16.6. The summed E-state index contributed by atoms with van der Waals surface area (Å²) in [5, 5.41) is 0.599. The SMILES string of the molecule is [C-]#[N+]C[C@H]1CN(c2nc(OC[C@@H]3CCCN3C)nc3c(F)c(-c4cccc5c4C[C@@H]4C[C@H]54)ccc23)CCN1C(=O)C=C. The molecule has 0 N–H and O–H groups in total. The van der Waals surface area contributed by atoms with E-state index in [9.17, 15) is 4.79 Å². The quantitative estimate of drug-likeness (QED) is 0.306. The molecule has 1 saturated carbocycles. The van der Waals surface area contributed by atoms with Gasteiger partial charge in [-0.25, -0.2) is 11.0 Å². The van der Waals surface area contributed by atoms with Crippen LogP contribution in [0.15, 0.2) is 43.0 Å². The Balaban J connectivity index is 1.29. The van der Waals surface area contributed by atoms with E-state index in [4.69, 9.17) is 16.3 Å². The number of fused-ring (bicyclic) bond motifs is 4. The van der Waals surface area contributed by atoms with Crippen molar-refractivity contribution >= 4 is 22.6 Å². The molecular formula is C33H35FN6O2. The van der Waals surface area contributed by atoms with Crippen LogP contribution in [0.2, 0.25) is 0 Å². The molecule has 0 bridgehead atoms. The Labute approximate surface area is 245 Å². The molecule has 4 aliphatic rings. The van der Waals surface area contributed by atoms with Gasteiger partial charge in [-0.2, -0.15) is 9.97 Å². The third kappa shape index (κ3) is 4.58. The van der Waals surface area contributed by atoms with Gasteiger partial charge in [-0.1, -0.05) is 30.8 Å². The van der Waals surface area contributed by atoms with Gasteiger partial charge in [-0.05, 0) is 79.9 Å². The molecule has 3 fully saturated rings. The van der Waals surface area contributed by atoms with E-state index in [2.05, 4.69) is 34.4 Å². The Morgan fingerprint density at radius 1 is 1.19 bits per heavy atom. The zero-order valence-corrected chi connectivity index (χ0v) is 23.9. The van der Waals surface area contributed by atoms with Crippen molar-refractivity contribution in [1.82, 2.24) is 19.8 Å². The third-order valence-electron chi connectivity index (χ3n) is 9.68. The highest BCUT2D eigenvalue weighted by atomic mass is 19.1. The summed E-state index contributed by atoms with van der Waals surface area (Å²) < 4.78 is 22.8. The Bertz CT molecular complexity index is 1620. The second-order valence-corrected chi connectivity index (χ2v) is 12.1. The normalized spacial score (nSPS) is 24.8. The van der Waals surface area contributed by atoms with Crippen LogP contribution in [0.25, 0.3) is 26.9 Å². The highest BCUT2D eigenvalue weighted by Crippen LogP contribution is 2.58. The minimum atomic E-state index is -0.369. The lowest BCUT2D eigenvalue weighted by molar-refractivity contribution is -0.128. The van der Waals surface area contributed by atoms with Gasteiger partial charge >= 0.3 is 6.01 Å². The van der Waals surface area contributed by atoms with Crippen molar-refractivity contribution in [3.05, 3.63) is 71.3 Å². The molecule has 3 heterocycles. The molecule has 1 amide bonds. The number of amides is 1. The zero-order valence-electron chi connectivity index (χ0n) is 23.9. The number of rotatable bonds is 7. The van der Waals surface area contributed by atoms with Crippen molar-refractivity contribution in [2.75, 3.05) is 51.3 Å². The lowest BCUT2D eigenvalue weighted by Gasteiger charge is -2.39. The second kappa shape index (κ2) is 10.7. The molecule has 42 heavy (non-hydrogen) atoms. The fourth-order valence-electron chi connectivity index (χ4n) is 7.27. The maximum absolute atomic E-state index is 16.6. The Kier molecular flexibility index (Phi) is 6.82. The van der Waals surface area contributed by atoms with Crippen LogP contribution in [0.4, 0.5) is 10.2 Å². The zero-order chi connectivity index (χ0) is 29.0. The highest BCUT2D eigenvalue weighted by Gasteiger charge is 2.46. The predicted molar refractivity (Wildman–Crippen MR) is 160 cm³/mol. The van der Waals surface area contributed by atoms with E-state index >= 15 is 4.39 Å². The number of hydrogen-bond donors (Lipinski definition) is 0. The third-order valence-corrected chi connectivity index (χ3v) is 9.68. The topological polar surface area (TPSA) is 66.2 Å². The van der Waals surface area contributed by atoms with Gasteiger partial charge in [0.1, 0.15) is 24.0 Å². The van der Waals surface area contributed by atoms with E-state index in [1.54, 1.807) is 4.90 Å². The van der Waals surface area contributed by atoms with E-state index in [-0.39, 0.29) is 41.9 Å². The summed E-state index contributed by atoms with van der Waals surface area (Å²) >= 11 is 0. The average Bonchev–Trinajstić information content (AvgIpc) is 3.50. The number of aromatic nitrogens is 2. The molecule has 216 valence electrons. The van der Waals surface area contributed by atoms with Gasteiger partial charge in [-0.3, -0.25) is 4.79 Å². The molecule has 0 radical (unpaired) electrons. The molecule has 2 aliphatic carbocycles. The summed E-state index contributed by atoms with van der Waals surface area (Å²) in [6, 6.07) is 10.1. The fourth-order valence-corrected chi connectivity index (χ4v) is 7.27. The van der Waals surface area contributed by atoms with Gasteiger partial charge in [0.25, 0.3) is 0 Å². The van der Waals surface area contributed by atoms with Crippen LogP contribution in [0, 0.1) is 18.3 Å². The van der Waals surface area contributed by atoms with E-state index in [0.717, 1.165) is 31.4 Å². The van der Waals surface area contributed by atoms with Crippen LogP contribution in [-0.2, 0) is 11.2 Å². The van der Waals surface area contributed by atoms with Crippen molar-refractivity contribution in [2.45, 2.75) is 43.7 Å². The largest absolute Gasteiger partial charge is 0.462 e. The van der Waals surface area contributed by atoms with Gasteiger partial charge in [0, 0.05) is 36.6 Å². The summed E-state index contributed by atoms with van der Waals surface area (Å²) in [6.45, 7) is 14.0. The molecule has 0 spiro atoms. The summed E-state index contributed by atoms with van der Waals surface area (Å²) in [5.41, 5.74) is 4.36. The molecule has 2 saturated heterocycles. The Morgan fingerprint density at radius 3 is 2.86 bits per heavy atom. The minimum absolute atomic E-state index is 0.153. The summed E-state index contributed by atoms with van der Waals surface area (Å²) in [6.07, 6.45) is 5.69. The highest BCUT2D eigenvalue weighted by molar-refractivity contribution is 5.94. The first-order valence-electron chi connectivity index (χ1n) is 14.9. The Hall–Kier alpha value is -4.03. The number of anilines is 1. The van der Waals surface area contributed by atoms with Crippen LogP contribution in [0.5, 0.6) is 6.01 Å². The molecule has 2 aliphatic heterocycles. The molecule has 2 aromatic carbocycles. The molecule has 9 heteroatoms. The average molecular weight is 567 g/mol. The van der Waals surface area contributed by atoms with Gasteiger partial charge < -0.3 is 24.3 Å². The van der Waals surface area contributed by atoms with Crippen LogP contribution >= 0.6 is 0 Å². The standard InChI is InChI=1S/C33H35FN6O2/c1-4-29(41)40-14-13-39(18-22(40)17-35-2)32-26-11-10-25(23-8-5-9-24-27-15-20(27)16-28(23)24)30(34)31(26)36-33(37-32)42-19-21-7-6-12-38(21)3/h4-5,8-11,20-22,27H,1,6-7,12-19H2,3H3/t20-,21-,22-,27-/m0/s1. The van der Waals surface area contributed by atoms with Gasteiger partial charge in [0.05, 0.1) is 0 Å². The van der Waals surface area contributed by atoms with E-state index in [0.29, 0.717) is 54.8 Å². The van der Waals surface area contributed by atoms with E-state index < -0.39 is 0 Å². The lowest BCUT2D eigenvalue weighted by Crippen LogP contribution is -2.56. The summed E-state index contributed by atoms with van der Waals surface area (Å²) in [5.74, 6) is 1.33. The van der Waals surface area contributed by atoms with Crippen molar-refractivity contribution in [3.63, 3.8) is 0 Å². The first-order valence-corrected chi connectivity index (χ1v) is 14.9. The van der Waals surface area contributed by atoms with Crippen molar-refractivity contribution in [1.29, 1.82) is 0 Å². The molecule has 7 rings (SSSR count). The smallest absolute Gasteiger partial charge is 0.319 e. The van der Waals surface area contributed by atoms with Gasteiger partial charge in [0.2, 0.25) is 12.5 Å². The molecule has 0 unspecified atom stereocenters. The fraction of sp³-hybridized carbons (Fsp3) is 0.455. The number of benzene rings is 2. The molecule has 1 aromatic heterocycles. The first-order chi connectivity index (χ1) is 20.5. The number of carbonyl (C=O) groups is 1. The number of likely N-dealkylation sites (N-methyl/N-ethyl adjacent to an activating group) is 1. The molecule has 3 aromatic rings. The summed E-state index contributed by atoms with van der Waals surface area (Å²) in [4.78, 5) is 31.6. The molecule has 8 nitrogen and oxygen atoms in total. The monoisotopic (exact) mass is 566 g/mol. The van der Waals surface area contributed by atoms with Crippen LogP contribution in [-0.4, -0.2) is 84.1 Å². The van der Waals surface area contributed by atoms with Crippen molar-refractivity contribution < 1.29 is 13.9 Å². The van der Waals surface area contributed by atoms with Crippen molar-refractivity contribution in [3.8, 4) is 17.1 Å². The summed E-state index contributed by atoms with van der Waals surface area (Å²) in [7, 11) is 2.09. The number of likely N-dealkylation sites (tertiary alicyclic amines) is 1. The first kappa shape index (κ1) is 26.8. The van der Waals surface area contributed by atoms with E-state index in [1.165, 1.54) is 23.6 Å². The second-order valence-electron chi connectivity index (χ2n) is 12.1. The van der Waals surface area contributed by atoms with Gasteiger partial charge in [-0.15, -0.1) is 0 Å². The number of ether oxygens (including phenoxy) is 1. The molecule has 4 atom stereocenters. The lowest BCUT2D eigenvalue weighted by atomic mass is 9.93. The van der Waals surface area contributed by atoms with Crippen molar-refractivity contribution in [2.24, 2.45) is 5.92 Å². The number of halogens is 1. The Morgan fingerprint density at radius 2 is 2.07 bits per heavy atom.